The van der Waals surface area contributed by atoms with Crippen LogP contribution in [0.1, 0.15) is 30.9 Å². The van der Waals surface area contributed by atoms with Gasteiger partial charge in [0.15, 0.2) is 9.84 Å². The summed E-state index contributed by atoms with van der Waals surface area (Å²) in [4.78, 5) is 26.2. The Morgan fingerprint density at radius 1 is 1.13 bits per heavy atom. The molecule has 0 aromatic heterocycles. The van der Waals surface area contributed by atoms with Crippen LogP contribution in [-0.2, 0) is 25.8 Å². The fourth-order valence-corrected chi connectivity index (χ4v) is 6.39. The van der Waals surface area contributed by atoms with Crippen molar-refractivity contribution < 1.29 is 18.0 Å². The van der Waals surface area contributed by atoms with Gasteiger partial charge in [0.05, 0.1) is 16.3 Å². The van der Waals surface area contributed by atoms with Gasteiger partial charge in [-0.05, 0) is 80.6 Å². The van der Waals surface area contributed by atoms with Crippen molar-refractivity contribution in [2.75, 3.05) is 22.5 Å². The minimum absolute atomic E-state index is 0.0394. The second-order valence-electron chi connectivity index (χ2n) is 7.16. The molecule has 0 bridgehead atoms. The summed E-state index contributed by atoms with van der Waals surface area (Å²) in [5.74, 6) is -0.757. The number of hydrogen-bond donors (Lipinski definition) is 1. The Balaban J connectivity index is 1.76. The molecule has 0 atom stereocenters. The first-order valence-corrected chi connectivity index (χ1v) is 12.8. The van der Waals surface area contributed by atoms with Crippen molar-refractivity contribution in [2.24, 2.45) is 0 Å². The summed E-state index contributed by atoms with van der Waals surface area (Å²) < 4.78 is 27.1. The number of amides is 2. The highest BCUT2D eigenvalue weighted by molar-refractivity contribution is 9.10. The smallest absolute Gasteiger partial charge is 0.226 e. The lowest BCUT2D eigenvalue weighted by molar-refractivity contribution is -0.118. The molecule has 0 saturated carbocycles. The molecule has 2 aromatic rings. The monoisotopic (exact) mass is 556 g/mol. The zero-order chi connectivity index (χ0) is 22.1. The zero-order valence-corrected chi connectivity index (χ0v) is 20.7. The van der Waals surface area contributed by atoms with Crippen LogP contribution in [0.15, 0.2) is 44.2 Å². The van der Waals surface area contributed by atoms with E-state index in [9.17, 15) is 18.0 Å². The van der Waals surface area contributed by atoms with Gasteiger partial charge in [-0.1, -0.05) is 13.0 Å². The van der Waals surface area contributed by atoms with Gasteiger partial charge in [-0.3, -0.25) is 9.59 Å². The fraction of sp³-hybridized carbons (Fsp3) is 0.333. The standard InChI is InChI=1S/C21H22Br2N2O4S/c1-3-21(27)25-8-6-14-11-16(23)19(12-18(14)25)30(28,29)9-7-20(26)24-17-5-4-13(2)10-15(17)22/h4-5,10-12H,3,6-9H2,1-2H3,(H,24,26). The number of anilines is 2. The first-order chi connectivity index (χ1) is 14.1. The highest BCUT2D eigenvalue weighted by Gasteiger charge is 2.28. The molecule has 0 aliphatic carbocycles. The molecule has 3 rings (SSSR count). The number of nitrogens with zero attached hydrogens (tertiary/aromatic N) is 1. The number of sulfone groups is 1. The molecular formula is C21H22Br2N2O4S. The van der Waals surface area contributed by atoms with E-state index in [0.29, 0.717) is 35.2 Å². The molecule has 6 nitrogen and oxygen atoms in total. The minimum atomic E-state index is -3.73. The summed E-state index contributed by atoms with van der Waals surface area (Å²) in [5, 5.41) is 2.73. The average molecular weight is 558 g/mol. The van der Waals surface area contributed by atoms with Gasteiger partial charge in [0, 0.05) is 34.0 Å². The van der Waals surface area contributed by atoms with Crippen LogP contribution in [-0.4, -0.2) is 32.5 Å². The highest BCUT2D eigenvalue weighted by atomic mass is 79.9. The molecule has 1 N–H and O–H groups in total. The Morgan fingerprint density at radius 3 is 2.53 bits per heavy atom. The summed E-state index contributed by atoms with van der Waals surface area (Å²) >= 11 is 6.74. The number of rotatable bonds is 6. The van der Waals surface area contributed by atoms with E-state index < -0.39 is 9.84 Å². The third-order valence-corrected chi connectivity index (χ3v) is 8.29. The zero-order valence-electron chi connectivity index (χ0n) is 16.7. The summed E-state index contributed by atoms with van der Waals surface area (Å²) in [6.07, 6.45) is 0.865. The molecule has 1 aliphatic rings. The number of fused-ring (bicyclic) bond motifs is 1. The maximum absolute atomic E-state index is 12.9. The topological polar surface area (TPSA) is 83.6 Å². The van der Waals surface area contributed by atoms with Gasteiger partial charge < -0.3 is 10.2 Å². The van der Waals surface area contributed by atoms with E-state index in [1.807, 2.05) is 19.1 Å². The van der Waals surface area contributed by atoms with Crippen LogP contribution in [0.4, 0.5) is 11.4 Å². The van der Waals surface area contributed by atoms with Crippen LogP contribution < -0.4 is 10.2 Å². The minimum Gasteiger partial charge on any atom is -0.325 e. The Kier molecular flexibility index (Phi) is 7.04. The van der Waals surface area contributed by atoms with E-state index in [1.165, 1.54) is 0 Å². The van der Waals surface area contributed by atoms with Crippen molar-refractivity contribution >= 4 is 64.9 Å². The van der Waals surface area contributed by atoms with Gasteiger partial charge in [-0.2, -0.15) is 0 Å². The summed E-state index contributed by atoms with van der Waals surface area (Å²) in [5.41, 5.74) is 3.20. The third kappa shape index (κ3) is 4.95. The molecule has 0 saturated heterocycles. The van der Waals surface area contributed by atoms with Crippen LogP contribution in [0.5, 0.6) is 0 Å². The summed E-state index contributed by atoms with van der Waals surface area (Å²) in [7, 11) is -3.73. The molecular weight excluding hydrogens is 536 g/mol. The molecule has 0 unspecified atom stereocenters. The lowest BCUT2D eigenvalue weighted by Crippen LogP contribution is -2.28. The van der Waals surface area contributed by atoms with Crippen LogP contribution in [0, 0.1) is 6.92 Å². The number of aryl methyl sites for hydroxylation is 1. The Morgan fingerprint density at radius 2 is 1.87 bits per heavy atom. The van der Waals surface area contributed by atoms with Crippen LogP contribution in [0.2, 0.25) is 0 Å². The van der Waals surface area contributed by atoms with Gasteiger partial charge in [-0.15, -0.1) is 0 Å². The van der Waals surface area contributed by atoms with E-state index in [1.54, 1.807) is 30.0 Å². The van der Waals surface area contributed by atoms with Crippen molar-refractivity contribution in [1.82, 2.24) is 0 Å². The number of carbonyl (C=O) groups excluding carboxylic acids is 2. The lowest BCUT2D eigenvalue weighted by atomic mass is 10.2. The van der Waals surface area contributed by atoms with E-state index in [-0.39, 0.29) is 28.9 Å². The Bertz CT molecular complexity index is 1120. The van der Waals surface area contributed by atoms with Crippen molar-refractivity contribution in [2.45, 2.75) is 38.0 Å². The van der Waals surface area contributed by atoms with Crippen LogP contribution >= 0.6 is 31.9 Å². The summed E-state index contributed by atoms with van der Waals surface area (Å²) in [6.45, 7) is 4.26. The molecule has 2 aromatic carbocycles. The molecule has 160 valence electrons. The molecule has 1 aliphatic heterocycles. The van der Waals surface area contributed by atoms with Gasteiger partial charge in [0.2, 0.25) is 11.8 Å². The molecule has 0 spiro atoms. The normalized spacial score (nSPS) is 13.3. The third-order valence-electron chi connectivity index (χ3n) is 4.96. The number of carbonyl (C=O) groups is 2. The molecule has 2 amide bonds. The first kappa shape index (κ1) is 23.0. The van der Waals surface area contributed by atoms with Crippen molar-refractivity contribution in [1.29, 1.82) is 0 Å². The molecule has 30 heavy (non-hydrogen) atoms. The van der Waals surface area contributed by atoms with Crippen LogP contribution in [0.3, 0.4) is 0 Å². The van der Waals surface area contributed by atoms with Gasteiger partial charge in [0.1, 0.15) is 0 Å². The second-order valence-corrected chi connectivity index (χ2v) is 10.9. The predicted molar refractivity (Wildman–Crippen MR) is 125 cm³/mol. The number of benzene rings is 2. The predicted octanol–water partition coefficient (Wildman–Crippen LogP) is 4.62. The average Bonchev–Trinajstić information content (AvgIpc) is 3.10. The fourth-order valence-electron chi connectivity index (χ4n) is 3.35. The molecule has 0 radical (unpaired) electrons. The van der Waals surface area contributed by atoms with E-state index in [4.69, 9.17) is 0 Å². The quantitative estimate of drug-likeness (QED) is 0.561. The molecule has 1 heterocycles. The SMILES string of the molecule is CCC(=O)N1CCc2cc(Br)c(S(=O)(=O)CCC(=O)Nc3ccc(C)cc3Br)cc21. The lowest BCUT2D eigenvalue weighted by Gasteiger charge is -2.18. The van der Waals surface area contributed by atoms with Crippen LogP contribution in [0.25, 0.3) is 0 Å². The van der Waals surface area contributed by atoms with E-state index in [2.05, 4.69) is 37.2 Å². The maximum Gasteiger partial charge on any atom is 0.226 e. The van der Waals surface area contributed by atoms with Crippen molar-refractivity contribution in [3.8, 4) is 0 Å². The number of nitrogens with one attached hydrogen (secondary N) is 1. The molecule has 9 heteroatoms. The van der Waals surface area contributed by atoms with Crippen molar-refractivity contribution in [3.63, 3.8) is 0 Å². The summed E-state index contributed by atoms with van der Waals surface area (Å²) in [6, 6.07) is 8.81. The van der Waals surface area contributed by atoms with Gasteiger partial charge in [0.25, 0.3) is 0 Å². The molecule has 0 fully saturated rings. The first-order valence-electron chi connectivity index (χ1n) is 9.54. The maximum atomic E-state index is 12.9. The van der Waals surface area contributed by atoms with E-state index >= 15 is 0 Å². The van der Waals surface area contributed by atoms with Crippen molar-refractivity contribution in [3.05, 3.63) is 50.4 Å². The largest absolute Gasteiger partial charge is 0.325 e. The second kappa shape index (κ2) is 9.20. The highest BCUT2D eigenvalue weighted by Crippen LogP contribution is 2.36. The Hall–Kier alpha value is -1.71. The van der Waals surface area contributed by atoms with Gasteiger partial charge >= 0.3 is 0 Å². The van der Waals surface area contributed by atoms with Gasteiger partial charge in [-0.25, -0.2) is 8.42 Å². The number of hydrogen-bond acceptors (Lipinski definition) is 4. The van der Waals surface area contributed by atoms with E-state index in [0.717, 1.165) is 15.6 Å². The number of halogens is 2. The Labute approximate surface area is 193 Å².